The second-order valence-corrected chi connectivity index (χ2v) is 7.68. The lowest BCUT2D eigenvalue weighted by Gasteiger charge is -2.20. The molecule has 14 nitrogen and oxygen atoms in total. The average Bonchev–Trinajstić information content (AvgIpc) is 2.89. The van der Waals surface area contributed by atoms with Crippen LogP contribution in [0.2, 0.25) is 0 Å². The maximum Gasteiger partial charge on any atom is 0.191 e. The molecular weight excluding hydrogens is 458 g/mol. The maximum atomic E-state index is 11.9. The number of nitrogens with two attached hydrogens (primary N) is 1. The second kappa shape index (κ2) is 12.8. The minimum absolute atomic E-state index is 0.0378. The molecular formula is C21H23N9O5. The summed E-state index contributed by atoms with van der Waals surface area (Å²) < 4.78 is 11.3. The topological polar surface area (TPSA) is 210 Å². The van der Waals surface area contributed by atoms with Crippen molar-refractivity contribution in [2.45, 2.75) is 44.6 Å². The highest BCUT2D eigenvalue weighted by molar-refractivity contribution is 5.84. The largest absolute Gasteiger partial charge is 0.483 e. The van der Waals surface area contributed by atoms with Crippen molar-refractivity contribution >= 4 is 5.69 Å². The van der Waals surface area contributed by atoms with Crippen LogP contribution in [0.25, 0.3) is 32.0 Å². The third-order valence-electron chi connectivity index (χ3n) is 5.65. The summed E-state index contributed by atoms with van der Waals surface area (Å²) in [5.74, 6) is 5.82. The van der Waals surface area contributed by atoms with Crippen LogP contribution in [0.1, 0.15) is 36.8 Å². The Morgan fingerprint density at radius 3 is 2.34 bits per heavy atom. The molecule has 2 N–H and O–H groups in total. The van der Waals surface area contributed by atoms with Gasteiger partial charge in [-0.05, 0) is 77.7 Å². The Bertz CT molecular complexity index is 1180. The van der Waals surface area contributed by atoms with E-state index in [0.29, 0.717) is 61.0 Å². The fourth-order valence-electron chi connectivity index (χ4n) is 4.01. The predicted molar refractivity (Wildman–Crippen MR) is 127 cm³/mol. The summed E-state index contributed by atoms with van der Waals surface area (Å²) in [6, 6.07) is 6.72. The summed E-state index contributed by atoms with van der Waals surface area (Å²) in [6.45, 7) is -0.850. The molecule has 182 valence electrons. The van der Waals surface area contributed by atoms with E-state index in [1.54, 1.807) is 12.1 Å². The van der Waals surface area contributed by atoms with E-state index in [1.807, 2.05) is 12.1 Å². The highest BCUT2D eigenvalue weighted by atomic mass is 16.6. The predicted octanol–water partition coefficient (Wildman–Crippen LogP) is 6.09. The molecule has 0 amide bonds. The standard InChI is InChI=1S/C21H23N9O5/c22-29-25-11-33-20-17-10-14(19(28-32)21(20)34-12-26-30-23)3-1-2-4-15(27-31)7-5-13-6-8-18(35-24)16(17)9-13/h6,8-10,15H,1-5,7,11-12,24H2/t15-/m0/s1. The van der Waals surface area contributed by atoms with Crippen molar-refractivity contribution in [3.8, 4) is 28.4 Å². The first kappa shape index (κ1) is 25.2. The van der Waals surface area contributed by atoms with Crippen LogP contribution < -0.4 is 20.2 Å². The number of benzene rings is 2. The highest BCUT2D eigenvalue weighted by Gasteiger charge is 2.25. The van der Waals surface area contributed by atoms with Crippen molar-refractivity contribution in [2.75, 3.05) is 13.5 Å². The van der Waals surface area contributed by atoms with Crippen molar-refractivity contribution in [2.24, 2.45) is 26.5 Å². The molecule has 1 atom stereocenters. The van der Waals surface area contributed by atoms with E-state index in [-0.39, 0.29) is 23.2 Å². The van der Waals surface area contributed by atoms with E-state index in [2.05, 4.69) is 30.4 Å². The minimum Gasteiger partial charge on any atom is -0.483 e. The van der Waals surface area contributed by atoms with Gasteiger partial charge in [-0.25, -0.2) is 0 Å². The van der Waals surface area contributed by atoms with Crippen molar-refractivity contribution < 1.29 is 14.3 Å². The molecule has 2 aromatic rings. The van der Waals surface area contributed by atoms with E-state index < -0.39 is 13.5 Å². The van der Waals surface area contributed by atoms with Gasteiger partial charge < -0.3 is 14.3 Å². The molecule has 3 rings (SSSR count). The summed E-state index contributed by atoms with van der Waals surface area (Å²) in [6.07, 6.45) is 3.58. The number of rotatable bonds is 9. The zero-order valence-electron chi connectivity index (χ0n) is 18.7. The number of hydrogen-bond donors (Lipinski definition) is 1. The SMILES string of the molecule is [N-]=[N+]=NCOc1c2cc(c(N=O)c1OCN=[N+]=[N-])CCCC[C@H](N=O)CCc1ccc(ON)c-2c1. The summed E-state index contributed by atoms with van der Waals surface area (Å²) in [5.41, 5.74) is 19.7. The molecule has 1 aliphatic rings. The lowest BCUT2D eigenvalue weighted by Crippen LogP contribution is -2.07. The van der Waals surface area contributed by atoms with Crippen molar-refractivity contribution in [3.05, 3.63) is 66.1 Å². The average molecular weight is 481 g/mol. The summed E-state index contributed by atoms with van der Waals surface area (Å²) in [5, 5.41) is 13.2. The van der Waals surface area contributed by atoms with E-state index in [4.69, 9.17) is 31.3 Å². The number of nitrogens with zero attached hydrogens (tertiary/aromatic N) is 8. The van der Waals surface area contributed by atoms with Crippen molar-refractivity contribution in [3.63, 3.8) is 0 Å². The fourth-order valence-corrected chi connectivity index (χ4v) is 4.01. The van der Waals surface area contributed by atoms with Crippen LogP contribution in [0.15, 0.2) is 44.8 Å². The van der Waals surface area contributed by atoms with Gasteiger partial charge in [0.15, 0.2) is 36.4 Å². The van der Waals surface area contributed by atoms with Gasteiger partial charge >= 0.3 is 0 Å². The maximum absolute atomic E-state index is 11.9. The minimum atomic E-state index is -0.438. The number of hydrogen-bond acceptors (Lipinski definition) is 10. The van der Waals surface area contributed by atoms with Crippen LogP contribution >= 0.6 is 0 Å². The third-order valence-corrected chi connectivity index (χ3v) is 5.65. The van der Waals surface area contributed by atoms with Crippen molar-refractivity contribution in [1.29, 1.82) is 0 Å². The fraction of sp³-hybridized carbons (Fsp3) is 0.429. The Morgan fingerprint density at radius 2 is 1.69 bits per heavy atom. The van der Waals surface area contributed by atoms with E-state index in [9.17, 15) is 9.81 Å². The first-order valence-corrected chi connectivity index (χ1v) is 10.8. The quantitative estimate of drug-likeness (QED) is 0.147. The van der Waals surface area contributed by atoms with E-state index in [0.717, 1.165) is 5.56 Å². The Hall–Kier alpha value is -4.38. The van der Waals surface area contributed by atoms with Gasteiger partial charge in [0.1, 0.15) is 0 Å². The van der Waals surface area contributed by atoms with Gasteiger partial charge in [0, 0.05) is 21.0 Å². The van der Waals surface area contributed by atoms with Crippen LogP contribution in [-0.2, 0) is 12.8 Å². The summed E-state index contributed by atoms with van der Waals surface area (Å²) in [7, 11) is 0. The Morgan fingerprint density at radius 1 is 0.943 bits per heavy atom. The normalized spacial score (nSPS) is 15.1. The number of fused-ring (bicyclic) bond motifs is 5. The van der Waals surface area contributed by atoms with Crippen LogP contribution in [-0.4, -0.2) is 19.5 Å². The van der Waals surface area contributed by atoms with Crippen LogP contribution in [0.5, 0.6) is 17.2 Å². The molecule has 0 aliphatic heterocycles. The first-order chi connectivity index (χ1) is 17.2. The number of aryl methyl sites for hydroxylation is 2. The third kappa shape index (κ3) is 6.15. The Kier molecular flexibility index (Phi) is 9.20. The number of ether oxygens (including phenoxy) is 2. The molecule has 35 heavy (non-hydrogen) atoms. The second-order valence-electron chi connectivity index (χ2n) is 7.68. The number of nitroso groups, excluding NO2 is 2. The molecule has 0 saturated heterocycles. The molecule has 0 unspecified atom stereocenters. The molecule has 0 radical (unpaired) electrons. The Labute approximate surface area is 199 Å². The van der Waals surface area contributed by atoms with Crippen LogP contribution in [0.3, 0.4) is 0 Å². The number of azide groups is 2. The monoisotopic (exact) mass is 481 g/mol. The molecule has 2 aromatic carbocycles. The molecule has 0 spiro atoms. The molecule has 1 aliphatic carbocycles. The van der Waals surface area contributed by atoms with Gasteiger partial charge in [-0.1, -0.05) is 27.9 Å². The van der Waals surface area contributed by atoms with Gasteiger partial charge in [-0.3, -0.25) is 0 Å². The zero-order chi connectivity index (χ0) is 25.0. The molecule has 0 aromatic heterocycles. The molecule has 0 fully saturated rings. The first-order valence-electron chi connectivity index (χ1n) is 10.8. The van der Waals surface area contributed by atoms with Gasteiger partial charge in [0.05, 0.1) is 6.04 Å². The van der Waals surface area contributed by atoms with Gasteiger partial charge in [0.25, 0.3) is 0 Å². The zero-order valence-corrected chi connectivity index (χ0v) is 18.7. The van der Waals surface area contributed by atoms with Gasteiger partial charge in [0.2, 0.25) is 0 Å². The lowest BCUT2D eigenvalue weighted by molar-refractivity contribution is 0.279. The lowest BCUT2D eigenvalue weighted by atomic mass is 9.94. The Balaban J connectivity index is 2.29. The van der Waals surface area contributed by atoms with E-state index in [1.165, 1.54) is 0 Å². The molecule has 4 bridgehead atoms. The highest BCUT2D eigenvalue weighted by Crippen LogP contribution is 2.49. The summed E-state index contributed by atoms with van der Waals surface area (Å²) in [4.78, 5) is 33.7. The molecule has 0 saturated carbocycles. The van der Waals surface area contributed by atoms with Gasteiger partial charge in [-0.2, -0.15) is 10.8 Å². The van der Waals surface area contributed by atoms with Crippen LogP contribution in [0, 0.1) is 9.81 Å². The summed E-state index contributed by atoms with van der Waals surface area (Å²) >= 11 is 0. The van der Waals surface area contributed by atoms with Gasteiger partial charge in [-0.15, -0.1) is 4.91 Å². The van der Waals surface area contributed by atoms with E-state index >= 15 is 0 Å². The smallest absolute Gasteiger partial charge is 0.191 e. The molecule has 0 heterocycles. The van der Waals surface area contributed by atoms with Crippen molar-refractivity contribution in [1.82, 2.24) is 0 Å². The van der Waals surface area contributed by atoms with Crippen LogP contribution in [0.4, 0.5) is 5.69 Å². The molecule has 14 heteroatoms.